The maximum absolute atomic E-state index is 11.3. The summed E-state index contributed by atoms with van der Waals surface area (Å²) in [5.41, 5.74) is 1.86. The molecule has 0 aliphatic carbocycles. The van der Waals surface area contributed by atoms with Gasteiger partial charge in [-0.2, -0.15) is 0 Å². The van der Waals surface area contributed by atoms with Gasteiger partial charge in [0.2, 0.25) is 0 Å². The summed E-state index contributed by atoms with van der Waals surface area (Å²) in [6, 6.07) is 16.2. The van der Waals surface area contributed by atoms with Crippen molar-refractivity contribution in [3.8, 4) is 11.5 Å². The van der Waals surface area contributed by atoms with Crippen LogP contribution in [0.25, 0.3) is 11.0 Å². The standard InChI is InChI=1S/C20H17NO5/c1-23-18-5-3-2-4-16(18)17-10-15(26-21-17)12-24-14-8-6-13-7-9-20(22)25-19(13)11-14/h2-9,11,15H,10,12H2,1H3. The second-order valence-electron chi connectivity index (χ2n) is 5.93. The van der Waals surface area contributed by atoms with Crippen molar-refractivity contribution in [3.63, 3.8) is 0 Å². The number of para-hydroxylation sites is 1. The molecule has 0 N–H and O–H groups in total. The Balaban J connectivity index is 1.41. The minimum Gasteiger partial charge on any atom is -0.496 e. The molecule has 26 heavy (non-hydrogen) atoms. The fraction of sp³-hybridized carbons (Fsp3) is 0.200. The second kappa shape index (κ2) is 6.92. The highest BCUT2D eigenvalue weighted by Crippen LogP contribution is 2.25. The van der Waals surface area contributed by atoms with Crippen molar-refractivity contribution in [2.45, 2.75) is 12.5 Å². The number of benzene rings is 2. The van der Waals surface area contributed by atoms with Gasteiger partial charge in [-0.05, 0) is 30.3 Å². The molecule has 0 spiro atoms. The largest absolute Gasteiger partial charge is 0.496 e. The molecule has 3 aromatic rings. The fourth-order valence-corrected chi connectivity index (χ4v) is 2.88. The molecule has 1 aromatic heterocycles. The first kappa shape index (κ1) is 16.2. The Morgan fingerprint density at radius 1 is 1.15 bits per heavy atom. The number of fused-ring (bicyclic) bond motifs is 1. The molecule has 2 aromatic carbocycles. The van der Waals surface area contributed by atoms with Crippen LogP contribution in [0.3, 0.4) is 0 Å². The Bertz CT molecular complexity index is 1020. The average Bonchev–Trinajstić information content (AvgIpc) is 3.14. The van der Waals surface area contributed by atoms with Crippen LogP contribution in [-0.2, 0) is 4.84 Å². The lowest BCUT2D eigenvalue weighted by molar-refractivity contribution is 0.0471. The van der Waals surface area contributed by atoms with Gasteiger partial charge in [0, 0.05) is 29.5 Å². The fourth-order valence-electron chi connectivity index (χ4n) is 2.88. The molecule has 6 heteroatoms. The van der Waals surface area contributed by atoms with Gasteiger partial charge in [-0.1, -0.05) is 17.3 Å². The predicted molar refractivity (Wildman–Crippen MR) is 97.0 cm³/mol. The highest BCUT2D eigenvalue weighted by molar-refractivity contribution is 6.03. The number of ether oxygens (including phenoxy) is 2. The highest BCUT2D eigenvalue weighted by Gasteiger charge is 2.24. The van der Waals surface area contributed by atoms with Crippen LogP contribution < -0.4 is 15.1 Å². The lowest BCUT2D eigenvalue weighted by Crippen LogP contribution is -2.18. The SMILES string of the molecule is COc1ccccc1C1=NOC(COc2ccc3ccc(=O)oc3c2)C1. The van der Waals surface area contributed by atoms with E-state index in [4.69, 9.17) is 18.7 Å². The van der Waals surface area contributed by atoms with Gasteiger partial charge in [0.15, 0.2) is 6.10 Å². The summed E-state index contributed by atoms with van der Waals surface area (Å²) in [4.78, 5) is 16.8. The first-order valence-corrected chi connectivity index (χ1v) is 8.26. The highest BCUT2D eigenvalue weighted by atomic mass is 16.7. The summed E-state index contributed by atoms with van der Waals surface area (Å²) >= 11 is 0. The van der Waals surface area contributed by atoms with Crippen molar-refractivity contribution in [2.24, 2.45) is 5.16 Å². The summed E-state index contributed by atoms with van der Waals surface area (Å²) in [7, 11) is 1.63. The van der Waals surface area contributed by atoms with E-state index in [0.717, 1.165) is 22.4 Å². The Hall–Kier alpha value is -3.28. The van der Waals surface area contributed by atoms with Gasteiger partial charge < -0.3 is 18.7 Å². The molecule has 6 nitrogen and oxygen atoms in total. The Kier molecular flexibility index (Phi) is 4.31. The zero-order valence-corrected chi connectivity index (χ0v) is 14.2. The number of methoxy groups -OCH3 is 1. The maximum Gasteiger partial charge on any atom is 0.336 e. The monoisotopic (exact) mass is 351 g/mol. The maximum atomic E-state index is 11.3. The molecule has 1 aliphatic rings. The molecule has 0 radical (unpaired) electrons. The van der Waals surface area contributed by atoms with Gasteiger partial charge in [-0.15, -0.1) is 0 Å². The molecule has 0 saturated carbocycles. The smallest absolute Gasteiger partial charge is 0.336 e. The van der Waals surface area contributed by atoms with Crippen LogP contribution in [0.4, 0.5) is 0 Å². The second-order valence-corrected chi connectivity index (χ2v) is 5.93. The van der Waals surface area contributed by atoms with Gasteiger partial charge in [-0.3, -0.25) is 0 Å². The molecule has 132 valence electrons. The van der Waals surface area contributed by atoms with Crippen molar-refractivity contribution >= 4 is 16.7 Å². The summed E-state index contributed by atoms with van der Waals surface area (Å²) in [5.74, 6) is 1.38. The van der Waals surface area contributed by atoms with E-state index in [9.17, 15) is 4.79 Å². The molecule has 0 bridgehead atoms. The van der Waals surface area contributed by atoms with Gasteiger partial charge >= 0.3 is 5.63 Å². The average molecular weight is 351 g/mol. The molecule has 0 amide bonds. The predicted octanol–water partition coefficient (Wildman–Crippen LogP) is 3.37. The summed E-state index contributed by atoms with van der Waals surface area (Å²) in [6.45, 7) is 0.338. The van der Waals surface area contributed by atoms with E-state index in [1.54, 1.807) is 19.2 Å². The molecule has 0 fully saturated rings. The molecule has 4 rings (SSSR count). The number of nitrogens with zero attached hydrogens (tertiary/aromatic N) is 1. The third-order valence-electron chi connectivity index (χ3n) is 4.18. The first-order chi connectivity index (χ1) is 12.7. The van der Waals surface area contributed by atoms with Crippen LogP contribution in [0.5, 0.6) is 11.5 Å². The topological polar surface area (TPSA) is 70.3 Å². The minimum absolute atomic E-state index is 0.187. The van der Waals surface area contributed by atoms with Crippen LogP contribution in [0, 0.1) is 0 Å². The van der Waals surface area contributed by atoms with Crippen LogP contribution in [0.1, 0.15) is 12.0 Å². The van der Waals surface area contributed by atoms with E-state index in [1.165, 1.54) is 6.07 Å². The normalized spacial score (nSPS) is 16.2. The summed E-state index contributed by atoms with van der Waals surface area (Å²) < 4.78 is 16.3. The van der Waals surface area contributed by atoms with Crippen LogP contribution >= 0.6 is 0 Å². The van der Waals surface area contributed by atoms with E-state index in [0.29, 0.717) is 24.4 Å². The van der Waals surface area contributed by atoms with E-state index in [1.807, 2.05) is 36.4 Å². The van der Waals surface area contributed by atoms with Crippen molar-refractivity contribution < 1.29 is 18.7 Å². The van der Waals surface area contributed by atoms with Gasteiger partial charge in [0.25, 0.3) is 0 Å². The molecular formula is C20H17NO5. The van der Waals surface area contributed by atoms with E-state index < -0.39 is 0 Å². The van der Waals surface area contributed by atoms with Crippen molar-refractivity contribution in [3.05, 3.63) is 70.6 Å². The van der Waals surface area contributed by atoms with E-state index >= 15 is 0 Å². The van der Waals surface area contributed by atoms with Crippen molar-refractivity contribution in [1.29, 1.82) is 0 Å². The Morgan fingerprint density at radius 3 is 2.88 bits per heavy atom. The summed E-state index contributed by atoms with van der Waals surface area (Å²) in [6.07, 6.45) is 0.441. The quantitative estimate of drug-likeness (QED) is 0.659. The Morgan fingerprint density at radius 2 is 2.00 bits per heavy atom. The molecule has 2 heterocycles. The van der Waals surface area contributed by atoms with E-state index in [2.05, 4.69) is 5.16 Å². The number of rotatable bonds is 5. The van der Waals surface area contributed by atoms with Crippen molar-refractivity contribution in [2.75, 3.05) is 13.7 Å². The number of oxime groups is 1. The molecular weight excluding hydrogens is 334 g/mol. The third kappa shape index (κ3) is 3.26. The zero-order valence-electron chi connectivity index (χ0n) is 14.2. The van der Waals surface area contributed by atoms with Gasteiger partial charge in [-0.25, -0.2) is 4.79 Å². The van der Waals surface area contributed by atoms with Crippen molar-refractivity contribution in [1.82, 2.24) is 0 Å². The van der Waals surface area contributed by atoms with Gasteiger partial charge in [0.05, 0.1) is 12.8 Å². The first-order valence-electron chi connectivity index (χ1n) is 8.26. The number of hydrogen-bond acceptors (Lipinski definition) is 6. The molecule has 0 saturated heterocycles. The molecule has 1 aliphatic heterocycles. The third-order valence-corrected chi connectivity index (χ3v) is 4.18. The van der Waals surface area contributed by atoms with Gasteiger partial charge in [0.1, 0.15) is 23.7 Å². The lowest BCUT2D eigenvalue weighted by atomic mass is 10.0. The van der Waals surface area contributed by atoms with E-state index in [-0.39, 0.29) is 11.7 Å². The minimum atomic E-state index is -0.386. The number of hydrogen-bond donors (Lipinski definition) is 0. The lowest BCUT2D eigenvalue weighted by Gasteiger charge is -2.11. The summed E-state index contributed by atoms with van der Waals surface area (Å²) in [5, 5.41) is 5.01. The molecule has 1 unspecified atom stereocenters. The van der Waals surface area contributed by atoms with Crippen LogP contribution in [0.2, 0.25) is 0 Å². The zero-order chi connectivity index (χ0) is 17.9. The Labute approximate surface area is 149 Å². The van der Waals surface area contributed by atoms with Crippen LogP contribution in [0.15, 0.2) is 69.0 Å². The van der Waals surface area contributed by atoms with Crippen LogP contribution in [-0.4, -0.2) is 25.5 Å². The molecule has 1 atom stereocenters.